The number of hydrogen-bond donors (Lipinski definition) is 0. The number of sulfonamides is 1. The second-order valence-electron chi connectivity index (χ2n) is 7.52. The zero-order chi connectivity index (χ0) is 21.2. The molecule has 29 heavy (non-hydrogen) atoms. The highest BCUT2D eigenvalue weighted by Gasteiger charge is 2.33. The predicted molar refractivity (Wildman–Crippen MR) is 112 cm³/mol. The minimum absolute atomic E-state index is 0.207. The van der Waals surface area contributed by atoms with Crippen molar-refractivity contribution in [2.24, 2.45) is 0 Å². The maximum absolute atomic E-state index is 13.3. The normalized spacial score (nSPS) is 15.4. The lowest BCUT2D eigenvalue weighted by atomic mass is 10.0. The maximum atomic E-state index is 13.3. The summed E-state index contributed by atoms with van der Waals surface area (Å²) in [7, 11) is -3.62. The predicted octanol–water partition coefficient (Wildman–Crippen LogP) is 3.56. The lowest BCUT2D eigenvalue weighted by Crippen LogP contribution is -2.50. The summed E-state index contributed by atoms with van der Waals surface area (Å²) in [6, 6.07) is 11.5. The highest BCUT2D eigenvalue weighted by Crippen LogP contribution is 2.29. The van der Waals surface area contributed by atoms with Gasteiger partial charge in [0.05, 0.1) is 4.90 Å². The Labute approximate surface area is 173 Å². The Morgan fingerprint density at radius 1 is 0.931 bits per heavy atom. The third-order valence-corrected chi connectivity index (χ3v) is 7.77. The van der Waals surface area contributed by atoms with Gasteiger partial charge in [0.1, 0.15) is 6.61 Å². The fourth-order valence-corrected chi connectivity index (χ4v) is 5.62. The van der Waals surface area contributed by atoms with Crippen LogP contribution in [-0.2, 0) is 21.4 Å². The summed E-state index contributed by atoms with van der Waals surface area (Å²) < 4.78 is 33.5. The fourth-order valence-electron chi connectivity index (χ4n) is 3.62. The van der Waals surface area contributed by atoms with Gasteiger partial charge in [-0.2, -0.15) is 4.31 Å². The van der Waals surface area contributed by atoms with E-state index in [1.54, 1.807) is 4.90 Å². The van der Waals surface area contributed by atoms with Gasteiger partial charge in [-0.1, -0.05) is 36.4 Å². The highest BCUT2D eigenvalue weighted by molar-refractivity contribution is 7.89. The van der Waals surface area contributed by atoms with Crippen LogP contribution in [0.5, 0.6) is 0 Å². The van der Waals surface area contributed by atoms with E-state index < -0.39 is 16.1 Å². The number of amides is 1. The summed E-state index contributed by atoms with van der Waals surface area (Å²) in [4.78, 5) is 14.3. The standard InChI is InChI=1S/C22H28N2O4S/c1-16-14-17(2)19(4)21(18(16)3)29(26,27)24-12-10-23(11-13-24)22(25)28-15-20-8-6-5-7-9-20/h5-9,14H,10-13,15H2,1-4H3. The molecule has 0 aromatic heterocycles. The van der Waals surface area contributed by atoms with Crippen LogP contribution in [-0.4, -0.2) is 49.9 Å². The van der Waals surface area contributed by atoms with Crippen LogP contribution in [0.15, 0.2) is 41.3 Å². The Morgan fingerprint density at radius 3 is 2.03 bits per heavy atom. The van der Waals surface area contributed by atoms with Crippen LogP contribution in [0.25, 0.3) is 0 Å². The molecule has 1 aliphatic rings. The van der Waals surface area contributed by atoms with E-state index in [2.05, 4.69) is 0 Å². The number of piperazine rings is 1. The number of aryl methyl sites for hydroxylation is 2. The summed E-state index contributed by atoms with van der Waals surface area (Å²) >= 11 is 0. The van der Waals surface area contributed by atoms with E-state index in [1.807, 2.05) is 64.1 Å². The molecule has 2 aromatic rings. The minimum Gasteiger partial charge on any atom is -0.445 e. The molecule has 1 aliphatic heterocycles. The van der Waals surface area contributed by atoms with Crippen LogP contribution in [0, 0.1) is 27.7 Å². The van der Waals surface area contributed by atoms with Gasteiger partial charge in [-0.25, -0.2) is 13.2 Å². The molecule has 0 atom stereocenters. The first-order valence-corrected chi connectivity index (χ1v) is 11.2. The summed E-state index contributed by atoms with van der Waals surface area (Å²) in [6.07, 6.45) is -0.412. The van der Waals surface area contributed by atoms with Crippen LogP contribution in [0.4, 0.5) is 4.79 Å². The highest BCUT2D eigenvalue weighted by atomic mass is 32.2. The molecule has 0 unspecified atom stereocenters. The average molecular weight is 417 g/mol. The molecular formula is C22H28N2O4S. The third-order valence-electron chi connectivity index (χ3n) is 5.60. The van der Waals surface area contributed by atoms with Crippen LogP contribution in [0.2, 0.25) is 0 Å². The van der Waals surface area contributed by atoms with Crippen LogP contribution < -0.4 is 0 Å². The quantitative estimate of drug-likeness (QED) is 0.764. The first-order valence-electron chi connectivity index (χ1n) is 9.75. The Hall–Kier alpha value is -2.38. The molecule has 2 aromatic carbocycles. The zero-order valence-corrected chi connectivity index (χ0v) is 18.3. The van der Waals surface area contributed by atoms with Crippen molar-refractivity contribution in [2.45, 2.75) is 39.2 Å². The molecule has 0 aliphatic carbocycles. The number of carbonyl (C=O) groups is 1. The number of benzene rings is 2. The van der Waals surface area contributed by atoms with E-state index in [4.69, 9.17) is 4.74 Å². The van der Waals surface area contributed by atoms with Crippen molar-refractivity contribution in [3.8, 4) is 0 Å². The van der Waals surface area contributed by atoms with Gasteiger partial charge in [-0.3, -0.25) is 0 Å². The van der Waals surface area contributed by atoms with Gasteiger partial charge in [0.15, 0.2) is 0 Å². The molecule has 0 spiro atoms. The second-order valence-corrected chi connectivity index (χ2v) is 9.40. The minimum atomic E-state index is -3.62. The summed E-state index contributed by atoms with van der Waals surface area (Å²) in [6.45, 7) is 8.93. The lowest BCUT2D eigenvalue weighted by Gasteiger charge is -2.34. The van der Waals surface area contributed by atoms with E-state index in [0.29, 0.717) is 18.0 Å². The van der Waals surface area contributed by atoms with Crippen molar-refractivity contribution in [1.82, 2.24) is 9.21 Å². The molecule has 0 saturated carbocycles. The molecule has 6 nitrogen and oxygen atoms in total. The Balaban J connectivity index is 1.67. The summed E-state index contributed by atoms with van der Waals surface area (Å²) in [5.41, 5.74) is 4.43. The van der Waals surface area contributed by atoms with Crippen LogP contribution in [0.3, 0.4) is 0 Å². The molecular weight excluding hydrogens is 388 g/mol. The van der Waals surface area contributed by atoms with Crippen molar-refractivity contribution in [3.63, 3.8) is 0 Å². The van der Waals surface area contributed by atoms with Crippen LogP contribution in [0.1, 0.15) is 27.8 Å². The van der Waals surface area contributed by atoms with Gasteiger partial charge in [0.2, 0.25) is 10.0 Å². The average Bonchev–Trinajstić information content (AvgIpc) is 2.71. The van der Waals surface area contributed by atoms with Gasteiger partial charge < -0.3 is 9.64 Å². The van der Waals surface area contributed by atoms with E-state index in [9.17, 15) is 13.2 Å². The topological polar surface area (TPSA) is 66.9 Å². The first-order chi connectivity index (χ1) is 13.7. The van der Waals surface area contributed by atoms with Gasteiger partial charge in [0, 0.05) is 26.2 Å². The number of carbonyl (C=O) groups excluding carboxylic acids is 1. The molecule has 0 bridgehead atoms. The number of rotatable bonds is 4. The van der Waals surface area contributed by atoms with Gasteiger partial charge in [-0.15, -0.1) is 0 Å². The van der Waals surface area contributed by atoms with Crippen LogP contribution >= 0.6 is 0 Å². The molecule has 0 radical (unpaired) electrons. The number of ether oxygens (including phenoxy) is 1. The third kappa shape index (κ3) is 4.46. The Morgan fingerprint density at radius 2 is 1.48 bits per heavy atom. The van der Waals surface area contributed by atoms with E-state index in [0.717, 1.165) is 27.8 Å². The molecule has 1 amide bonds. The lowest BCUT2D eigenvalue weighted by molar-refractivity contribution is 0.0838. The van der Waals surface area contributed by atoms with Crippen molar-refractivity contribution in [1.29, 1.82) is 0 Å². The summed E-state index contributed by atoms with van der Waals surface area (Å²) in [5, 5.41) is 0. The van der Waals surface area contributed by atoms with Gasteiger partial charge in [-0.05, 0) is 55.5 Å². The molecule has 1 saturated heterocycles. The monoisotopic (exact) mass is 416 g/mol. The fraction of sp³-hybridized carbons (Fsp3) is 0.409. The van der Waals surface area contributed by atoms with E-state index >= 15 is 0 Å². The Kier molecular flexibility index (Phi) is 6.29. The maximum Gasteiger partial charge on any atom is 0.410 e. The molecule has 156 valence electrons. The van der Waals surface area contributed by atoms with Crippen molar-refractivity contribution >= 4 is 16.1 Å². The smallest absolute Gasteiger partial charge is 0.410 e. The molecule has 1 heterocycles. The SMILES string of the molecule is Cc1cc(C)c(C)c(S(=O)(=O)N2CCN(C(=O)OCc3ccccc3)CC2)c1C. The zero-order valence-electron chi connectivity index (χ0n) is 17.4. The molecule has 3 rings (SSSR count). The van der Waals surface area contributed by atoms with Crippen molar-refractivity contribution in [3.05, 3.63) is 64.2 Å². The number of nitrogens with zero attached hydrogens (tertiary/aromatic N) is 2. The largest absolute Gasteiger partial charge is 0.445 e. The second kappa shape index (κ2) is 8.55. The summed E-state index contributed by atoms with van der Waals surface area (Å²) in [5.74, 6) is 0. The molecule has 7 heteroatoms. The number of hydrogen-bond acceptors (Lipinski definition) is 4. The molecule has 1 fully saturated rings. The van der Waals surface area contributed by atoms with E-state index in [-0.39, 0.29) is 19.7 Å². The van der Waals surface area contributed by atoms with Crippen molar-refractivity contribution < 1.29 is 17.9 Å². The first kappa shape index (κ1) is 21.3. The van der Waals surface area contributed by atoms with Crippen molar-refractivity contribution in [2.75, 3.05) is 26.2 Å². The van der Waals surface area contributed by atoms with Gasteiger partial charge >= 0.3 is 6.09 Å². The Bertz CT molecular complexity index is 969. The van der Waals surface area contributed by atoms with Gasteiger partial charge in [0.25, 0.3) is 0 Å². The molecule has 0 N–H and O–H groups in total. The van der Waals surface area contributed by atoms with E-state index in [1.165, 1.54) is 4.31 Å².